The van der Waals surface area contributed by atoms with Crippen LogP contribution in [0.5, 0.6) is 0 Å². The topological polar surface area (TPSA) is 52.3 Å². The molecule has 0 aliphatic heterocycles. The molecule has 0 spiro atoms. The van der Waals surface area contributed by atoms with Crippen LogP contribution in [0.25, 0.3) is 5.78 Å². The number of aryl methyl sites for hydroxylation is 1. The van der Waals surface area contributed by atoms with Gasteiger partial charge in [-0.3, -0.25) is 0 Å². The van der Waals surface area contributed by atoms with Gasteiger partial charge in [0.25, 0.3) is 5.78 Å². The van der Waals surface area contributed by atoms with E-state index in [2.05, 4.69) is 15.1 Å². The van der Waals surface area contributed by atoms with Crippen molar-refractivity contribution >= 4 is 17.4 Å². The SMILES string of the molecule is Cc1cc(Cl)n2nc(CCOCc3ccccc3)nc2n1. The fourth-order valence-corrected chi connectivity index (χ4v) is 2.29. The Morgan fingerprint density at radius 1 is 1.19 bits per heavy atom. The first-order valence-electron chi connectivity index (χ1n) is 6.73. The summed E-state index contributed by atoms with van der Waals surface area (Å²) in [6.07, 6.45) is 0.631. The molecule has 3 aromatic rings. The molecule has 0 unspecified atom stereocenters. The second kappa shape index (κ2) is 6.20. The van der Waals surface area contributed by atoms with Crippen LogP contribution < -0.4 is 0 Å². The first kappa shape index (κ1) is 14.0. The molecule has 0 atom stereocenters. The van der Waals surface area contributed by atoms with Crippen molar-refractivity contribution in [3.8, 4) is 0 Å². The maximum Gasteiger partial charge on any atom is 0.254 e. The molecule has 0 saturated carbocycles. The van der Waals surface area contributed by atoms with Crippen molar-refractivity contribution in [2.24, 2.45) is 0 Å². The smallest absolute Gasteiger partial charge is 0.254 e. The van der Waals surface area contributed by atoms with Gasteiger partial charge in [0.15, 0.2) is 5.82 Å². The summed E-state index contributed by atoms with van der Waals surface area (Å²) in [5, 5.41) is 4.84. The summed E-state index contributed by atoms with van der Waals surface area (Å²) >= 11 is 6.11. The third-order valence-electron chi connectivity index (χ3n) is 3.02. The molecule has 0 fully saturated rings. The highest BCUT2D eigenvalue weighted by Gasteiger charge is 2.08. The highest BCUT2D eigenvalue weighted by atomic mass is 35.5. The number of rotatable bonds is 5. The van der Waals surface area contributed by atoms with E-state index < -0.39 is 0 Å². The number of benzene rings is 1. The first-order valence-corrected chi connectivity index (χ1v) is 7.10. The second-order valence-electron chi connectivity index (χ2n) is 4.75. The van der Waals surface area contributed by atoms with Gasteiger partial charge in [-0.2, -0.15) is 9.50 Å². The van der Waals surface area contributed by atoms with Gasteiger partial charge in [-0.15, -0.1) is 5.10 Å². The lowest BCUT2D eigenvalue weighted by molar-refractivity contribution is 0.122. The van der Waals surface area contributed by atoms with Gasteiger partial charge in [-0.1, -0.05) is 41.9 Å². The van der Waals surface area contributed by atoms with Crippen molar-refractivity contribution in [3.05, 3.63) is 58.6 Å². The van der Waals surface area contributed by atoms with E-state index >= 15 is 0 Å². The molecular formula is C15H15ClN4O. The van der Waals surface area contributed by atoms with Crippen LogP contribution in [0.3, 0.4) is 0 Å². The number of fused-ring (bicyclic) bond motifs is 1. The van der Waals surface area contributed by atoms with Crippen LogP contribution in [-0.2, 0) is 17.8 Å². The van der Waals surface area contributed by atoms with E-state index in [1.54, 1.807) is 10.6 Å². The molecule has 0 bridgehead atoms. The molecule has 0 aliphatic carbocycles. The summed E-state index contributed by atoms with van der Waals surface area (Å²) in [6, 6.07) is 11.8. The maximum absolute atomic E-state index is 6.11. The normalized spacial score (nSPS) is 11.1. The average molecular weight is 303 g/mol. The Morgan fingerprint density at radius 2 is 2.00 bits per heavy atom. The summed E-state index contributed by atoms with van der Waals surface area (Å²) in [5.74, 6) is 1.21. The Bertz CT molecular complexity index is 742. The summed E-state index contributed by atoms with van der Waals surface area (Å²) in [7, 11) is 0. The number of aromatic nitrogens is 4. The van der Waals surface area contributed by atoms with E-state index in [1.165, 1.54) is 0 Å². The van der Waals surface area contributed by atoms with Crippen LogP contribution in [0, 0.1) is 6.92 Å². The molecule has 3 rings (SSSR count). The van der Waals surface area contributed by atoms with E-state index in [4.69, 9.17) is 16.3 Å². The van der Waals surface area contributed by atoms with Gasteiger partial charge >= 0.3 is 0 Å². The molecule has 108 valence electrons. The molecule has 5 nitrogen and oxygen atoms in total. The lowest BCUT2D eigenvalue weighted by Crippen LogP contribution is -2.01. The average Bonchev–Trinajstić information content (AvgIpc) is 2.88. The van der Waals surface area contributed by atoms with Crippen molar-refractivity contribution in [1.29, 1.82) is 0 Å². The number of hydrogen-bond acceptors (Lipinski definition) is 4. The highest BCUT2D eigenvalue weighted by molar-refractivity contribution is 6.29. The molecule has 0 N–H and O–H groups in total. The zero-order chi connectivity index (χ0) is 14.7. The zero-order valence-electron chi connectivity index (χ0n) is 11.7. The van der Waals surface area contributed by atoms with Crippen LogP contribution in [-0.4, -0.2) is 26.2 Å². The standard InChI is InChI=1S/C15H15ClN4O/c1-11-9-13(16)20-15(17-11)18-14(19-20)7-8-21-10-12-5-3-2-4-6-12/h2-6,9H,7-8,10H2,1H3. The molecule has 0 amide bonds. The highest BCUT2D eigenvalue weighted by Crippen LogP contribution is 2.11. The predicted molar refractivity (Wildman–Crippen MR) is 80.3 cm³/mol. The van der Waals surface area contributed by atoms with Crippen LogP contribution >= 0.6 is 11.6 Å². The number of ether oxygens (including phenoxy) is 1. The van der Waals surface area contributed by atoms with Crippen molar-refractivity contribution in [2.75, 3.05) is 6.61 Å². The Labute approximate surface area is 127 Å². The Kier molecular flexibility index (Phi) is 4.13. The monoisotopic (exact) mass is 302 g/mol. The van der Waals surface area contributed by atoms with Crippen molar-refractivity contribution in [3.63, 3.8) is 0 Å². The summed E-state index contributed by atoms with van der Waals surface area (Å²) in [6.45, 7) is 3.03. The third kappa shape index (κ3) is 3.37. The predicted octanol–water partition coefficient (Wildman–Crippen LogP) is 2.85. The summed E-state index contributed by atoms with van der Waals surface area (Å²) in [5.41, 5.74) is 1.98. The number of nitrogens with zero attached hydrogens (tertiary/aromatic N) is 4. The Hall–Kier alpha value is -1.98. The zero-order valence-corrected chi connectivity index (χ0v) is 12.4. The molecule has 6 heteroatoms. The van der Waals surface area contributed by atoms with E-state index in [9.17, 15) is 0 Å². The van der Waals surface area contributed by atoms with Gasteiger partial charge in [0, 0.05) is 12.1 Å². The fraction of sp³-hybridized carbons (Fsp3) is 0.267. The second-order valence-corrected chi connectivity index (χ2v) is 5.14. The minimum Gasteiger partial charge on any atom is -0.376 e. The van der Waals surface area contributed by atoms with Crippen LogP contribution in [0.2, 0.25) is 5.15 Å². The Balaban J connectivity index is 1.59. The molecule has 2 heterocycles. The van der Waals surface area contributed by atoms with Gasteiger partial charge in [0.2, 0.25) is 0 Å². The largest absolute Gasteiger partial charge is 0.376 e. The molecule has 0 saturated heterocycles. The van der Waals surface area contributed by atoms with Crippen LogP contribution in [0.1, 0.15) is 17.1 Å². The minimum atomic E-state index is 0.515. The fourth-order valence-electron chi connectivity index (χ4n) is 2.02. The van der Waals surface area contributed by atoms with E-state index in [0.717, 1.165) is 11.3 Å². The summed E-state index contributed by atoms with van der Waals surface area (Å²) < 4.78 is 7.17. The quantitative estimate of drug-likeness (QED) is 0.537. The molecule has 0 radical (unpaired) electrons. The van der Waals surface area contributed by atoms with E-state index in [1.807, 2.05) is 37.3 Å². The van der Waals surface area contributed by atoms with Gasteiger partial charge in [0.1, 0.15) is 5.15 Å². The molecular weight excluding hydrogens is 288 g/mol. The molecule has 2 aromatic heterocycles. The molecule has 21 heavy (non-hydrogen) atoms. The molecule has 0 aliphatic rings. The van der Waals surface area contributed by atoms with Crippen molar-refractivity contribution in [1.82, 2.24) is 19.6 Å². The van der Waals surface area contributed by atoms with Crippen LogP contribution in [0.15, 0.2) is 36.4 Å². The van der Waals surface area contributed by atoms with Crippen LogP contribution in [0.4, 0.5) is 0 Å². The lowest BCUT2D eigenvalue weighted by atomic mass is 10.2. The van der Waals surface area contributed by atoms with Gasteiger partial charge < -0.3 is 4.74 Å². The van der Waals surface area contributed by atoms with E-state index in [-0.39, 0.29) is 0 Å². The minimum absolute atomic E-state index is 0.515. The lowest BCUT2D eigenvalue weighted by Gasteiger charge is -2.02. The number of hydrogen-bond donors (Lipinski definition) is 0. The van der Waals surface area contributed by atoms with Crippen molar-refractivity contribution < 1.29 is 4.74 Å². The van der Waals surface area contributed by atoms with E-state index in [0.29, 0.717) is 36.4 Å². The number of halogens is 1. The molecule has 1 aromatic carbocycles. The Morgan fingerprint density at radius 3 is 2.81 bits per heavy atom. The van der Waals surface area contributed by atoms with Gasteiger partial charge in [-0.25, -0.2) is 4.98 Å². The van der Waals surface area contributed by atoms with Crippen molar-refractivity contribution in [2.45, 2.75) is 20.0 Å². The maximum atomic E-state index is 6.11. The first-order chi connectivity index (χ1) is 10.2. The van der Waals surface area contributed by atoms with Gasteiger partial charge in [0.05, 0.1) is 13.2 Å². The third-order valence-corrected chi connectivity index (χ3v) is 3.29. The summed E-state index contributed by atoms with van der Waals surface area (Å²) in [4.78, 5) is 8.65. The van der Waals surface area contributed by atoms with Gasteiger partial charge in [-0.05, 0) is 18.6 Å².